The highest BCUT2D eigenvalue weighted by atomic mass is 16.3. The van der Waals surface area contributed by atoms with Gasteiger partial charge in [0.05, 0.1) is 18.6 Å². The smallest absolute Gasteiger partial charge is 0.154 e. The van der Waals surface area contributed by atoms with Gasteiger partial charge in [0, 0.05) is 12.6 Å². The van der Waals surface area contributed by atoms with Gasteiger partial charge in [0.25, 0.3) is 0 Å². The molecule has 2 heterocycles. The molecule has 14 heavy (non-hydrogen) atoms. The molecule has 2 aromatic heterocycles. The van der Waals surface area contributed by atoms with Gasteiger partial charge in [-0.25, -0.2) is 0 Å². The number of hydrogen-bond acceptors (Lipinski definition) is 4. The summed E-state index contributed by atoms with van der Waals surface area (Å²) in [4.78, 5) is 0. The Morgan fingerprint density at radius 2 is 2.29 bits per heavy atom. The third kappa shape index (κ3) is 1.31. The minimum atomic E-state index is -0.278. The zero-order valence-electron chi connectivity index (χ0n) is 8.14. The third-order valence-electron chi connectivity index (χ3n) is 2.31. The Labute approximate surface area is 81.5 Å². The molecule has 0 spiro atoms. The summed E-state index contributed by atoms with van der Waals surface area (Å²) in [7, 11) is 1.89. The molecule has 0 fully saturated rings. The Hall–Kier alpha value is -1.62. The van der Waals surface area contributed by atoms with Gasteiger partial charge < -0.3 is 14.7 Å². The lowest BCUT2D eigenvalue weighted by molar-refractivity contribution is 0.560. The highest BCUT2D eigenvalue weighted by Crippen LogP contribution is 2.17. The number of nitrogens with two attached hydrogens (primary N) is 1. The van der Waals surface area contributed by atoms with Gasteiger partial charge in [-0.1, -0.05) is 0 Å². The first kappa shape index (κ1) is 8.96. The van der Waals surface area contributed by atoms with Gasteiger partial charge in [-0.15, -0.1) is 10.2 Å². The number of aryl methyl sites for hydroxylation is 1. The van der Waals surface area contributed by atoms with Crippen LogP contribution >= 0.6 is 0 Å². The molecule has 0 aliphatic rings. The van der Waals surface area contributed by atoms with Crippen LogP contribution in [0.2, 0.25) is 0 Å². The standard InChI is InChI=1S/C9H12N4O/c1-6-11-12-9(13(6)2)8(10)7-3-4-14-5-7/h3-5,8H,10H2,1-2H3. The zero-order valence-corrected chi connectivity index (χ0v) is 8.14. The summed E-state index contributed by atoms with van der Waals surface area (Å²) in [6.07, 6.45) is 3.22. The second-order valence-electron chi connectivity index (χ2n) is 3.20. The molecule has 74 valence electrons. The molecular weight excluding hydrogens is 180 g/mol. The van der Waals surface area contributed by atoms with Crippen LogP contribution in [0, 0.1) is 6.92 Å². The highest BCUT2D eigenvalue weighted by molar-refractivity contribution is 5.19. The van der Waals surface area contributed by atoms with Crippen molar-refractivity contribution in [1.29, 1.82) is 0 Å². The number of aromatic nitrogens is 3. The predicted octanol–water partition coefficient (Wildman–Crippen LogP) is 0.765. The fraction of sp³-hybridized carbons (Fsp3) is 0.333. The third-order valence-corrected chi connectivity index (χ3v) is 2.31. The van der Waals surface area contributed by atoms with Crippen molar-refractivity contribution in [2.24, 2.45) is 12.8 Å². The monoisotopic (exact) mass is 192 g/mol. The van der Waals surface area contributed by atoms with Gasteiger partial charge in [-0.3, -0.25) is 0 Å². The lowest BCUT2D eigenvalue weighted by Crippen LogP contribution is -2.16. The fourth-order valence-corrected chi connectivity index (χ4v) is 1.30. The molecule has 0 amide bonds. The average molecular weight is 192 g/mol. The summed E-state index contributed by atoms with van der Waals surface area (Å²) in [5, 5.41) is 7.97. The van der Waals surface area contributed by atoms with Gasteiger partial charge in [-0.2, -0.15) is 0 Å². The summed E-state index contributed by atoms with van der Waals surface area (Å²) in [6.45, 7) is 1.89. The van der Waals surface area contributed by atoms with Crippen LogP contribution in [0.15, 0.2) is 23.0 Å². The van der Waals surface area contributed by atoms with Crippen molar-refractivity contribution in [2.45, 2.75) is 13.0 Å². The van der Waals surface area contributed by atoms with Crippen molar-refractivity contribution >= 4 is 0 Å². The van der Waals surface area contributed by atoms with Crippen LogP contribution in [-0.2, 0) is 7.05 Å². The van der Waals surface area contributed by atoms with E-state index in [9.17, 15) is 0 Å². The van der Waals surface area contributed by atoms with Crippen molar-refractivity contribution < 1.29 is 4.42 Å². The molecule has 2 aromatic rings. The summed E-state index contributed by atoms with van der Waals surface area (Å²) in [5.41, 5.74) is 6.89. The number of rotatable bonds is 2. The zero-order chi connectivity index (χ0) is 10.1. The second-order valence-corrected chi connectivity index (χ2v) is 3.20. The van der Waals surface area contributed by atoms with Crippen molar-refractivity contribution in [1.82, 2.24) is 14.8 Å². The van der Waals surface area contributed by atoms with E-state index in [1.807, 2.05) is 24.6 Å². The molecule has 0 saturated heterocycles. The van der Waals surface area contributed by atoms with E-state index in [2.05, 4.69) is 10.2 Å². The molecule has 0 aliphatic heterocycles. The van der Waals surface area contributed by atoms with E-state index in [0.29, 0.717) is 0 Å². The molecule has 2 rings (SSSR count). The largest absolute Gasteiger partial charge is 0.472 e. The topological polar surface area (TPSA) is 69.9 Å². The summed E-state index contributed by atoms with van der Waals surface area (Å²) >= 11 is 0. The van der Waals surface area contributed by atoms with E-state index in [1.165, 1.54) is 0 Å². The Morgan fingerprint density at radius 1 is 1.50 bits per heavy atom. The van der Waals surface area contributed by atoms with Crippen molar-refractivity contribution in [2.75, 3.05) is 0 Å². The number of furan rings is 1. The summed E-state index contributed by atoms with van der Waals surface area (Å²) in [6, 6.07) is 1.55. The molecule has 2 N–H and O–H groups in total. The Kier molecular flexibility index (Phi) is 2.09. The minimum absolute atomic E-state index is 0.278. The van der Waals surface area contributed by atoms with Crippen molar-refractivity contribution in [3.05, 3.63) is 35.8 Å². The molecule has 1 unspecified atom stereocenters. The number of hydrogen-bond donors (Lipinski definition) is 1. The SMILES string of the molecule is Cc1nnc(C(N)c2ccoc2)n1C. The van der Waals surface area contributed by atoms with Gasteiger partial charge in [0.15, 0.2) is 5.82 Å². The Balaban J connectivity index is 2.36. The van der Waals surface area contributed by atoms with Crippen LogP contribution < -0.4 is 5.73 Å². The van der Waals surface area contributed by atoms with E-state index >= 15 is 0 Å². The second kappa shape index (κ2) is 3.26. The van der Waals surface area contributed by atoms with Crippen LogP contribution in [0.4, 0.5) is 0 Å². The van der Waals surface area contributed by atoms with Crippen LogP contribution in [0.5, 0.6) is 0 Å². The normalized spacial score (nSPS) is 13.1. The first-order chi connectivity index (χ1) is 6.70. The van der Waals surface area contributed by atoms with Crippen LogP contribution in [0.25, 0.3) is 0 Å². The van der Waals surface area contributed by atoms with E-state index in [0.717, 1.165) is 17.2 Å². The molecule has 0 bridgehead atoms. The molecule has 5 heteroatoms. The Bertz CT molecular complexity index is 418. The maximum absolute atomic E-state index is 5.99. The quantitative estimate of drug-likeness (QED) is 0.762. The van der Waals surface area contributed by atoms with Gasteiger partial charge >= 0.3 is 0 Å². The lowest BCUT2D eigenvalue weighted by atomic mass is 10.1. The minimum Gasteiger partial charge on any atom is -0.472 e. The molecule has 0 aliphatic carbocycles. The summed E-state index contributed by atoms with van der Waals surface area (Å²) < 4.78 is 6.84. The van der Waals surface area contributed by atoms with Crippen LogP contribution in [-0.4, -0.2) is 14.8 Å². The lowest BCUT2D eigenvalue weighted by Gasteiger charge is -2.08. The molecule has 0 saturated carbocycles. The first-order valence-electron chi connectivity index (χ1n) is 4.33. The van der Waals surface area contributed by atoms with E-state index in [1.54, 1.807) is 12.5 Å². The van der Waals surface area contributed by atoms with Gasteiger partial charge in [-0.05, 0) is 13.0 Å². The van der Waals surface area contributed by atoms with Crippen LogP contribution in [0.1, 0.15) is 23.3 Å². The fourth-order valence-electron chi connectivity index (χ4n) is 1.30. The molecule has 0 aromatic carbocycles. The first-order valence-corrected chi connectivity index (χ1v) is 4.33. The molecular formula is C9H12N4O. The van der Waals surface area contributed by atoms with Gasteiger partial charge in [0.2, 0.25) is 0 Å². The van der Waals surface area contributed by atoms with E-state index in [4.69, 9.17) is 10.2 Å². The highest BCUT2D eigenvalue weighted by Gasteiger charge is 2.16. The maximum atomic E-state index is 5.99. The summed E-state index contributed by atoms with van der Waals surface area (Å²) in [5.74, 6) is 1.59. The average Bonchev–Trinajstić information content (AvgIpc) is 2.77. The van der Waals surface area contributed by atoms with Gasteiger partial charge in [0.1, 0.15) is 5.82 Å². The molecule has 1 atom stereocenters. The van der Waals surface area contributed by atoms with Crippen molar-refractivity contribution in [3.63, 3.8) is 0 Å². The van der Waals surface area contributed by atoms with E-state index in [-0.39, 0.29) is 6.04 Å². The molecule has 5 nitrogen and oxygen atoms in total. The Morgan fingerprint density at radius 3 is 2.79 bits per heavy atom. The molecule has 0 radical (unpaired) electrons. The maximum Gasteiger partial charge on any atom is 0.154 e. The van der Waals surface area contributed by atoms with Crippen molar-refractivity contribution in [3.8, 4) is 0 Å². The van der Waals surface area contributed by atoms with E-state index < -0.39 is 0 Å². The predicted molar refractivity (Wildman–Crippen MR) is 50.5 cm³/mol. The van der Waals surface area contributed by atoms with Crippen LogP contribution in [0.3, 0.4) is 0 Å². The number of nitrogens with zero attached hydrogens (tertiary/aromatic N) is 3.